The van der Waals surface area contributed by atoms with E-state index >= 15 is 0 Å². The van der Waals surface area contributed by atoms with E-state index < -0.39 is 0 Å². The van der Waals surface area contributed by atoms with E-state index in [0.29, 0.717) is 0 Å². The number of hydrogen-bond acceptors (Lipinski definition) is 3. The molecule has 0 radical (unpaired) electrons. The highest BCUT2D eigenvalue weighted by molar-refractivity contribution is 4.32. The Balaban J connectivity index is 0. The SMILES string of the molecule is CCOCCCN.CNC. The fraction of sp³-hybridized carbons (Fsp3) is 1.00. The minimum atomic E-state index is 0.736. The Morgan fingerprint density at radius 1 is 1.40 bits per heavy atom. The van der Waals surface area contributed by atoms with E-state index in [9.17, 15) is 0 Å². The summed E-state index contributed by atoms with van der Waals surface area (Å²) in [5.74, 6) is 0. The van der Waals surface area contributed by atoms with E-state index in [1.807, 2.05) is 21.0 Å². The molecule has 0 aromatic rings. The molecular weight excluding hydrogens is 128 g/mol. The van der Waals surface area contributed by atoms with Crippen LogP contribution in [0.3, 0.4) is 0 Å². The molecule has 0 bridgehead atoms. The van der Waals surface area contributed by atoms with Crippen molar-refractivity contribution in [3.8, 4) is 0 Å². The number of rotatable bonds is 4. The molecule has 0 aliphatic rings. The van der Waals surface area contributed by atoms with Crippen molar-refractivity contribution in [3.05, 3.63) is 0 Å². The highest BCUT2D eigenvalue weighted by Gasteiger charge is 1.78. The van der Waals surface area contributed by atoms with Gasteiger partial charge in [-0.25, -0.2) is 0 Å². The van der Waals surface area contributed by atoms with Gasteiger partial charge in [-0.2, -0.15) is 0 Å². The molecule has 0 aliphatic carbocycles. The third kappa shape index (κ3) is 24.8. The quantitative estimate of drug-likeness (QED) is 0.560. The van der Waals surface area contributed by atoms with Crippen LogP contribution >= 0.6 is 0 Å². The Hall–Kier alpha value is -0.120. The number of nitrogens with two attached hydrogens (primary N) is 1. The second-order valence-corrected chi connectivity index (χ2v) is 1.84. The molecule has 0 aromatic heterocycles. The first-order chi connectivity index (χ1) is 4.83. The summed E-state index contributed by atoms with van der Waals surface area (Å²) < 4.78 is 4.99. The van der Waals surface area contributed by atoms with Crippen LogP contribution in [0.1, 0.15) is 13.3 Å². The molecule has 0 unspecified atom stereocenters. The predicted octanol–water partition coefficient (Wildman–Crippen LogP) is 0.207. The Morgan fingerprint density at radius 3 is 2.20 bits per heavy atom. The second kappa shape index (κ2) is 15.9. The van der Waals surface area contributed by atoms with Crippen molar-refractivity contribution in [2.24, 2.45) is 5.73 Å². The van der Waals surface area contributed by atoms with Crippen LogP contribution in [0.15, 0.2) is 0 Å². The summed E-state index contributed by atoms with van der Waals surface area (Å²) in [5, 5.41) is 2.75. The standard InChI is InChI=1S/C5H13NO.C2H7N/c1-2-7-5-3-4-6;1-3-2/h2-6H2,1H3;3H,1-2H3. The summed E-state index contributed by atoms with van der Waals surface area (Å²) in [6, 6.07) is 0. The predicted molar refractivity (Wildman–Crippen MR) is 45.1 cm³/mol. The zero-order valence-corrected chi connectivity index (χ0v) is 7.31. The normalized spacial score (nSPS) is 8.40. The monoisotopic (exact) mass is 148 g/mol. The molecule has 0 saturated carbocycles. The van der Waals surface area contributed by atoms with Crippen LogP contribution in [-0.2, 0) is 4.74 Å². The van der Waals surface area contributed by atoms with E-state index in [4.69, 9.17) is 10.5 Å². The third-order valence-corrected chi connectivity index (χ3v) is 0.697. The largest absolute Gasteiger partial charge is 0.382 e. The van der Waals surface area contributed by atoms with Gasteiger partial charge in [-0.1, -0.05) is 0 Å². The molecule has 0 rings (SSSR count). The van der Waals surface area contributed by atoms with Crippen molar-refractivity contribution in [1.29, 1.82) is 0 Å². The molecule has 0 atom stereocenters. The molecule has 0 spiro atoms. The van der Waals surface area contributed by atoms with Gasteiger partial charge in [0.05, 0.1) is 0 Å². The van der Waals surface area contributed by atoms with Gasteiger partial charge in [-0.05, 0) is 34.0 Å². The maximum Gasteiger partial charge on any atom is 0.0477 e. The molecule has 0 fully saturated rings. The van der Waals surface area contributed by atoms with Crippen molar-refractivity contribution in [2.75, 3.05) is 33.9 Å². The van der Waals surface area contributed by atoms with Crippen molar-refractivity contribution in [3.63, 3.8) is 0 Å². The van der Waals surface area contributed by atoms with Crippen LogP contribution in [0, 0.1) is 0 Å². The average Bonchev–Trinajstić information content (AvgIpc) is 1.91. The van der Waals surface area contributed by atoms with Gasteiger partial charge in [0.15, 0.2) is 0 Å². The molecule has 0 aromatic carbocycles. The molecular formula is C7H20N2O. The summed E-state index contributed by atoms with van der Waals surface area (Å²) in [5.41, 5.74) is 5.19. The van der Waals surface area contributed by atoms with E-state index in [1.54, 1.807) is 0 Å². The summed E-state index contributed by atoms with van der Waals surface area (Å²) in [6.07, 6.45) is 0.980. The summed E-state index contributed by atoms with van der Waals surface area (Å²) in [4.78, 5) is 0. The van der Waals surface area contributed by atoms with Gasteiger partial charge < -0.3 is 15.8 Å². The minimum Gasteiger partial charge on any atom is -0.382 e. The first-order valence-electron chi connectivity index (χ1n) is 3.69. The van der Waals surface area contributed by atoms with Gasteiger partial charge >= 0.3 is 0 Å². The lowest BCUT2D eigenvalue weighted by Crippen LogP contribution is -2.03. The fourth-order valence-electron chi connectivity index (χ4n) is 0.330. The molecule has 3 N–H and O–H groups in total. The van der Waals surface area contributed by atoms with Crippen LogP contribution in [-0.4, -0.2) is 33.9 Å². The maximum atomic E-state index is 5.19. The zero-order chi connectivity index (χ0) is 8.24. The van der Waals surface area contributed by atoms with Crippen LogP contribution in [0.2, 0.25) is 0 Å². The van der Waals surface area contributed by atoms with Crippen molar-refractivity contribution in [1.82, 2.24) is 5.32 Å². The van der Waals surface area contributed by atoms with Gasteiger partial charge in [-0.3, -0.25) is 0 Å². The highest BCUT2D eigenvalue weighted by atomic mass is 16.5. The minimum absolute atomic E-state index is 0.736. The second-order valence-electron chi connectivity index (χ2n) is 1.84. The maximum absolute atomic E-state index is 5.19. The molecule has 10 heavy (non-hydrogen) atoms. The van der Waals surface area contributed by atoms with Crippen molar-refractivity contribution < 1.29 is 4.74 Å². The third-order valence-electron chi connectivity index (χ3n) is 0.697. The van der Waals surface area contributed by atoms with Crippen molar-refractivity contribution in [2.45, 2.75) is 13.3 Å². The highest BCUT2D eigenvalue weighted by Crippen LogP contribution is 1.75. The molecule has 64 valence electrons. The number of nitrogens with one attached hydrogen (secondary N) is 1. The first kappa shape index (κ1) is 12.5. The molecule has 3 heteroatoms. The molecule has 3 nitrogen and oxygen atoms in total. The lowest BCUT2D eigenvalue weighted by molar-refractivity contribution is 0.146. The summed E-state index contributed by atoms with van der Waals surface area (Å²) in [6.45, 7) is 4.34. The van der Waals surface area contributed by atoms with Gasteiger partial charge in [0.25, 0.3) is 0 Å². The van der Waals surface area contributed by atoms with Crippen LogP contribution in [0.4, 0.5) is 0 Å². The van der Waals surface area contributed by atoms with E-state index in [-0.39, 0.29) is 0 Å². The Labute approximate surface area is 63.9 Å². The van der Waals surface area contributed by atoms with Crippen LogP contribution in [0.25, 0.3) is 0 Å². The van der Waals surface area contributed by atoms with E-state index in [1.165, 1.54) is 0 Å². The molecule has 0 amide bonds. The van der Waals surface area contributed by atoms with Crippen LogP contribution in [0.5, 0.6) is 0 Å². The Kier molecular flexibility index (Phi) is 20.0. The van der Waals surface area contributed by atoms with E-state index in [0.717, 1.165) is 26.2 Å². The van der Waals surface area contributed by atoms with Gasteiger partial charge in [0.2, 0.25) is 0 Å². The van der Waals surface area contributed by atoms with Crippen molar-refractivity contribution >= 4 is 0 Å². The van der Waals surface area contributed by atoms with Gasteiger partial charge in [0, 0.05) is 13.2 Å². The Bertz CT molecular complexity index is 38.6. The summed E-state index contributed by atoms with van der Waals surface area (Å²) in [7, 11) is 3.75. The van der Waals surface area contributed by atoms with E-state index in [2.05, 4.69) is 5.32 Å². The van der Waals surface area contributed by atoms with Gasteiger partial charge in [0.1, 0.15) is 0 Å². The lowest BCUT2D eigenvalue weighted by Gasteiger charge is -1.94. The van der Waals surface area contributed by atoms with Gasteiger partial charge in [-0.15, -0.1) is 0 Å². The number of hydrogen-bond donors (Lipinski definition) is 2. The average molecular weight is 148 g/mol. The topological polar surface area (TPSA) is 47.3 Å². The zero-order valence-electron chi connectivity index (χ0n) is 7.31. The Morgan fingerprint density at radius 2 is 1.90 bits per heavy atom. The first-order valence-corrected chi connectivity index (χ1v) is 3.69. The smallest absolute Gasteiger partial charge is 0.0477 e. The van der Waals surface area contributed by atoms with Crippen LogP contribution < -0.4 is 11.1 Å². The molecule has 0 heterocycles. The molecule has 0 aliphatic heterocycles. The lowest BCUT2D eigenvalue weighted by atomic mass is 10.5. The number of ether oxygens (including phenoxy) is 1. The fourth-order valence-corrected chi connectivity index (χ4v) is 0.330. The molecule has 0 saturated heterocycles. The summed E-state index contributed by atoms with van der Waals surface area (Å²) >= 11 is 0.